The maximum atomic E-state index is 10.4. The first kappa shape index (κ1) is 14.5. The smallest absolute Gasteiger partial charge is 0.304 e. The highest BCUT2D eigenvalue weighted by Crippen LogP contribution is 2.32. The fourth-order valence-electron chi connectivity index (χ4n) is 1.39. The van der Waals surface area contributed by atoms with Gasteiger partial charge in [0, 0.05) is 23.1 Å². The monoisotopic (exact) mass is 365 g/mol. The Kier molecular flexibility index (Phi) is 5.94. The summed E-state index contributed by atoms with van der Waals surface area (Å²) in [7, 11) is 1.61. The molecule has 4 nitrogen and oxygen atoms in total. The fraction of sp³-hybridized carbons (Fsp3) is 0.364. The van der Waals surface area contributed by atoms with Gasteiger partial charge in [0.15, 0.2) is 0 Å². The number of halogens is 2. The van der Waals surface area contributed by atoms with Crippen molar-refractivity contribution in [3.63, 3.8) is 0 Å². The van der Waals surface area contributed by atoms with Crippen molar-refractivity contribution in [2.45, 2.75) is 13.0 Å². The van der Waals surface area contributed by atoms with E-state index < -0.39 is 5.97 Å². The Bertz CT molecular complexity index is 410. The molecule has 0 atom stereocenters. The van der Waals surface area contributed by atoms with Gasteiger partial charge in [0.05, 0.1) is 18.0 Å². The Morgan fingerprint density at radius 2 is 2.18 bits per heavy atom. The van der Waals surface area contributed by atoms with Crippen molar-refractivity contribution < 1.29 is 14.6 Å². The van der Waals surface area contributed by atoms with Crippen LogP contribution in [0.25, 0.3) is 0 Å². The van der Waals surface area contributed by atoms with Crippen LogP contribution in [-0.4, -0.2) is 24.7 Å². The van der Waals surface area contributed by atoms with E-state index in [9.17, 15) is 4.79 Å². The van der Waals surface area contributed by atoms with Crippen molar-refractivity contribution in [3.05, 3.63) is 26.6 Å². The standard InChI is InChI=1S/C11H13Br2NO3/c1-17-11-7(4-8(12)5-9(11)13)6-14-3-2-10(15)16/h4-5,14H,2-3,6H2,1H3,(H,15,16). The second kappa shape index (κ2) is 6.98. The average Bonchev–Trinajstić information content (AvgIpc) is 2.23. The molecule has 0 saturated carbocycles. The molecule has 1 rings (SSSR count). The predicted octanol–water partition coefficient (Wildman–Crippen LogP) is 2.78. The van der Waals surface area contributed by atoms with Crippen molar-refractivity contribution >= 4 is 37.8 Å². The van der Waals surface area contributed by atoms with Gasteiger partial charge in [-0.25, -0.2) is 0 Å². The topological polar surface area (TPSA) is 58.6 Å². The zero-order valence-electron chi connectivity index (χ0n) is 9.30. The summed E-state index contributed by atoms with van der Waals surface area (Å²) in [6.45, 7) is 0.997. The van der Waals surface area contributed by atoms with E-state index in [1.54, 1.807) is 7.11 Å². The molecule has 6 heteroatoms. The highest BCUT2D eigenvalue weighted by molar-refractivity contribution is 9.11. The van der Waals surface area contributed by atoms with E-state index in [0.717, 1.165) is 20.3 Å². The normalized spacial score (nSPS) is 10.3. The SMILES string of the molecule is COc1c(Br)cc(Br)cc1CNCCC(=O)O. The lowest BCUT2D eigenvalue weighted by Gasteiger charge is -2.11. The zero-order chi connectivity index (χ0) is 12.8. The van der Waals surface area contributed by atoms with E-state index >= 15 is 0 Å². The molecule has 0 radical (unpaired) electrons. The van der Waals surface area contributed by atoms with Gasteiger partial charge in [-0.1, -0.05) is 15.9 Å². The summed E-state index contributed by atoms with van der Waals surface area (Å²) in [6, 6.07) is 3.84. The summed E-state index contributed by atoms with van der Waals surface area (Å²) in [5, 5.41) is 11.6. The van der Waals surface area contributed by atoms with Gasteiger partial charge in [-0.3, -0.25) is 4.79 Å². The van der Waals surface area contributed by atoms with Crippen LogP contribution in [0.5, 0.6) is 5.75 Å². The highest BCUT2D eigenvalue weighted by Gasteiger charge is 2.09. The molecular weight excluding hydrogens is 354 g/mol. The van der Waals surface area contributed by atoms with Gasteiger partial charge < -0.3 is 15.2 Å². The molecule has 94 valence electrons. The van der Waals surface area contributed by atoms with Crippen LogP contribution >= 0.6 is 31.9 Å². The van der Waals surface area contributed by atoms with Gasteiger partial charge in [-0.15, -0.1) is 0 Å². The van der Waals surface area contributed by atoms with Gasteiger partial charge in [-0.05, 0) is 28.1 Å². The molecule has 1 aromatic carbocycles. The van der Waals surface area contributed by atoms with Crippen LogP contribution in [0.15, 0.2) is 21.1 Å². The van der Waals surface area contributed by atoms with Gasteiger partial charge in [0.25, 0.3) is 0 Å². The summed E-state index contributed by atoms with van der Waals surface area (Å²) >= 11 is 6.81. The Morgan fingerprint density at radius 1 is 1.47 bits per heavy atom. The van der Waals surface area contributed by atoms with E-state index in [2.05, 4.69) is 37.2 Å². The minimum absolute atomic E-state index is 0.109. The average molecular weight is 367 g/mol. The van der Waals surface area contributed by atoms with Crippen molar-refractivity contribution in [2.24, 2.45) is 0 Å². The number of carbonyl (C=O) groups is 1. The predicted molar refractivity (Wildman–Crippen MR) is 72.4 cm³/mol. The van der Waals surface area contributed by atoms with E-state index in [-0.39, 0.29) is 6.42 Å². The van der Waals surface area contributed by atoms with E-state index in [4.69, 9.17) is 9.84 Å². The number of carboxylic acid groups (broad SMARTS) is 1. The van der Waals surface area contributed by atoms with Crippen LogP contribution in [0, 0.1) is 0 Å². The minimum atomic E-state index is -0.806. The largest absolute Gasteiger partial charge is 0.495 e. The Balaban J connectivity index is 2.66. The molecule has 2 N–H and O–H groups in total. The van der Waals surface area contributed by atoms with Crippen molar-refractivity contribution in [3.8, 4) is 5.75 Å². The number of rotatable bonds is 6. The molecule has 0 amide bonds. The molecule has 0 saturated heterocycles. The molecule has 0 aliphatic rings. The number of aliphatic carboxylic acids is 1. The molecule has 0 heterocycles. The quantitative estimate of drug-likeness (QED) is 0.760. The molecule has 0 bridgehead atoms. The minimum Gasteiger partial charge on any atom is -0.495 e. The summed E-state index contributed by atoms with van der Waals surface area (Å²) in [5.74, 6) is -0.0455. The van der Waals surface area contributed by atoms with Gasteiger partial charge >= 0.3 is 5.97 Å². The number of carboxylic acids is 1. The molecule has 1 aromatic rings. The van der Waals surface area contributed by atoms with Crippen LogP contribution in [0.3, 0.4) is 0 Å². The second-order valence-electron chi connectivity index (χ2n) is 3.40. The lowest BCUT2D eigenvalue weighted by molar-refractivity contribution is -0.136. The van der Waals surface area contributed by atoms with Crippen LogP contribution in [0.4, 0.5) is 0 Å². The number of methoxy groups -OCH3 is 1. The first-order chi connectivity index (χ1) is 8.04. The Hall–Kier alpha value is -0.590. The molecule has 0 aromatic heterocycles. The second-order valence-corrected chi connectivity index (χ2v) is 5.17. The number of nitrogens with one attached hydrogen (secondary N) is 1. The molecule has 0 aliphatic heterocycles. The van der Waals surface area contributed by atoms with Crippen molar-refractivity contribution in [1.82, 2.24) is 5.32 Å². The maximum absolute atomic E-state index is 10.4. The Morgan fingerprint density at radius 3 is 2.76 bits per heavy atom. The third-order valence-electron chi connectivity index (χ3n) is 2.12. The lowest BCUT2D eigenvalue weighted by atomic mass is 10.2. The highest BCUT2D eigenvalue weighted by atomic mass is 79.9. The number of ether oxygens (including phenoxy) is 1. The lowest BCUT2D eigenvalue weighted by Crippen LogP contribution is -2.18. The third-order valence-corrected chi connectivity index (χ3v) is 3.17. The molecule has 0 unspecified atom stereocenters. The number of hydrogen-bond acceptors (Lipinski definition) is 3. The summed E-state index contributed by atoms with van der Waals surface area (Å²) in [6.07, 6.45) is 0.109. The van der Waals surface area contributed by atoms with E-state index in [1.807, 2.05) is 12.1 Å². The number of benzene rings is 1. The van der Waals surface area contributed by atoms with Crippen LogP contribution in [0.1, 0.15) is 12.0 Å². The zero-order valence-corrected chi connectivity index (χ0v) is 12.5. The van der Waals surface area contributed by atoms with Gasteiger partial charge in [0.1, 0.15) is 5.75 Å². The summed E-state index contributed by atoms with van der Waals surface area (Å²) in [4.78, 5) is 10.4. The summed E-state index contributed by atoms with van der Waals surface area (Å²) < 4.78 is 7.10. The van der Waals surface area contributed by atoms with Crippen LogP contribution in [-0.2, 0) is 11.3 Å². The van der Waals surface area contributed by atoms with Crippen LogP contribution < -0.4 is 10.1 Å². The van der Waals surface area contributed by atoms with Crippen molar-refractivity contribution in [2.75, 3.05) is 13.7 Å². The third kappa shape index (κ3) is 4.65. The first-order valence-electron chi connectivity index (χ1n) is 4.99. The molecule has 0 spiro atoms. The van der Waals surface area contributed by atoms with Gasteiger partial charge in [0.2, 0.25) is 0 Å². The van der Waals surface area contributed by atoms with E-state index in [0.29, 0.717) is 13.1 Å². The molecular formula is C11H13Br2NO3. The first-order valence-corrected chi connectivity index (χ1v) is 6.57. The molecule has 0 aliphatic carbocycles. The summed E-state index contributed by atoms with van der Waals surface area (Å²) in [5.41, 5.74) is 0.971. The van der Waals surface area contributed by atoms with Crippen molar-refractivity contribution in [1.29, 1.82) is 0 Å². The van der Waals surface area contributed by atoms with E-state index in [1.165, 1.54) is 0 Å². The molecule has 0 fully saturated rings. The molecule has 17 heavy (non-hydrogen) atoms. The Labute approximate surface area is 117 Å². The number of hydrogen-bond donors (Lipinski definition) is 2. The van der Waals surface area contributed by atoms with Gasteiger partial charge in [-0.2, -0.15) is 0 Å². The maximum Gasteiger partial charge on any atom is 0.304 e. The fourth-order valence-corrected chi connectivity index (χ4v) is 2.87. The van der Waals surface area contributed by atoms with Crippen LogP contribution in [0.2, 0.25) is 0 Å².